The molecule has 1 aliphatic heterocycles. The number of anilines is 1. The normalized spacial score (nSPS) is 17.2. The summed E-state index contributed by atoms with van der Waals surface area (Å²) in [5.41, 5.74) is 1.38. The summed E-state index contributed by atoms with van der Waals surface area (Å²) in [6.45, 7) is 3.96. The Morgan fingerprint density at radius 1 is 1.20 bits per heavy atom. The molecule has 1 atom stereocenters. The van der Waals surface area contributed by atoms with Crippen LogP contribution < -0.4 is 5.01 Å². The Balaban J connectivity index is 1.71. The Labute approximate surface area is 152 Å². The fourth-order valence-corrected chi connectivity index (χ4v) is 3.76. The minimum absolute atomic E-state index is 0.0209. The van der Waals surface area contributed by atoms with Crippen LogP contribution in [0.1, 0.15) is 31.6 Å². The van der Waals surface area contributed by atoms with Crippen molar-refractivity contribution in [3.05, 3.63) is 52.7 Å². The number of hydrogen-bond acceptors (Lipinski definition) is 4. The van der Waals surface area contributed by atoms with Gasteiger partial charge in [-0.1, -0.05) is 38.1 Å². The summed E-state index contributed by atoms with van der Waals surface area (Å²) in [6, 6.07) is 13.4. The highest BCUT2D eigenvalue weighted by molar-refractivity contribution is 7.09. The zero-order valence-corrected chi connectivity index (χ0v) is 15.3. The monoisotopic (exact) mass is 354 g/mol. The molecule has 0 unspecified atom stereocenters. The molecule has 0 aliphatic carbocycles. The molecular weight excluding hydrogens is 332 g/mol. The van der Waals surface area contributed by atoms with Crippen molar-refractivity contribution in [2.75, 3.05) is 5.01 Å². The Bertz CT molecular complexity index is 766. The van der Waals surface area contributed by atoms with Crippen molar-refractivity contribution < 1.29 is 9.59 Å². The van der Waals surface area contributed by atoms with E-state index in [9.17, 15) is 9.59 Å². The van der Waals surface area contributed by atoms with Gasteiger partial charge in [0.15, 0.2) is 5.78 Å². The van der Waals surface area contributed by atoms with E-state index in [0.717, 1.165) is 12.8 Å². The summed E-state index contributed by atoms with van der Waals surface area (Å²) in [4.78, 5) is 26.9. The number of benzene rings is 1. The van der Waals surface area contributed by atoms with Gasteiger partial charge in [-0.2, -0.15) is 10.1 Å². The number of para-hydroxylation sites is 1. The highest BCUT2D eigenvalue weighted by Crippen LogP contribution is 2.28. The minimum atomic E-state index is -0.733. The predicted octanol–water partition coefficient (Wildman–Crippen LogP) is 4.31. The Hall–Kier alpha value is -2.27. The van der Waals surface area contributed by atoms with Gasteiger partial charge < -0.3 is 0 Å². The Morgan fingerprint density at radius 2 is 1.96 bits per heavy atom. The van der Waals surface area contributed by atoms with Crippen molar-refractivity contribution in [1.29, 1.82) is 0 Å². The van der Waals surface area contributed by atoms with Gasteiger partial charge in [-0.25, -0.2) is 0 Å². The van der Waals surface area contributed by atoms with Crippen LogP contribution in [0.15, 0.2) is 52.9 Å². The van der Waals surface area contributed by atoms with E-state index in [4.69, 9.17) is 0 Å². The van der Waals surface area contributed by atoms with Crippen molar-refractivity contribution in [2.45, 2.75) is 33.1 Å². The molecule has 2 aromatic rings. The van der Waals surface area contributed by atoms with E-state index in [1.165, 1.54) is 9.89 Å². The van der Waals surface area contributed by atoms with Gasteiger partial charge in [-0.05, 0) is 42.3 Å². The van der Waals surface area contributed by atoms with Crippen LogP contribution >= 0.6 is 11.3 Å². The first-order valence-corrected chi connectivity index (χ1v) is 9.48. The average Bonchev–Trinajstić information content (AvgIpc) is 3.23. The van der Waals surface area contributed by atoms with Crippen molar-refractivity contribution in [2.24, 2.45) is 16.9 Å². The number of carbonyl (C=O) groups is 2. The Kier molecular flexibility index (Phi) is 5.43. The molecule has 0 bridgehead atoms. The van der Waals surface area contributed by atoms with Gasteiger partial charge in [-0.3, -0.25) is 9.59 Å². The van der Waals surface area contributed by atoms with Crippen molar-refractivity contribution in [3.63, 3.8) is 0 Å². The maximum atomic E-state index is 12.8. The zero-order valence-electron chi connectivity index (χ0n) is 14.5. The highest BCUT2D eigenvalue weighted by atomic mass is 32.1. The maximum Gasteiger partial charge on any atom is 0.263 e. The molecule has 1 aliphatic rings. The average molecular weight is 354 g/mol. The maximum absolute atomic E-state index is 12.8. The molecular formula is C20H22N2O2S. The van der Waals surface area contributed by atoms with Crippen LogP contribution in [0, 0.1) is 11.8 Å². The number of nitrogens with zero attached hydrogens (tertiary/aromatic N) is 2. The third-order valence-electron chi connectivity index (χ3n) is 4.31. The van der Waals surface area contributed by atoms with Crippen LogP contribution in [0.4, 0.5) is 5.69 Å². The van der Waals surface area contributed by atoms with Gasteiger partial charge in [0.1, 0.15) is 5.92 Å². The van der Waals surface area contributed by atoms with E-state index in [1.54, 1.807) is 11.3 Å². The molecule has 4 nitrogen and oxygen atoms in total. The lowest BCUT2D eigenvalue weighted by atomic mass is 9.88. The molecule has 25 heavy (non-hydrogen) atoms. The molecule has 130 valence electrons. The van der Waals surface area contributed by atoms with Crippen molar-refractivity contribution in [3.8, 4) is 0 Å². The lowest BCUT2D eigenvalue weighted by Crippen LogP contribution is -2.34. The number of thiophene rings is 1. The van der Waals surface area contributed by atoms with E-state index in [1.807, 2.05) is 55.6 Å². The molecule has 2 heterocycles. The molecule has 0 spiro atoms. The van der Waals surface area contributed by atoms with Crippen molar-refractivity contribution in [1.82, 2.24) is 0 Å². The van der Waals surface area contributed by atoms with Crippen LogP contribution in [0.3, 0.4) is 0 Å². The van der Waals surface area contributed by atoms with E-state index in [0.29, 0.717) is 17.8 Å². The molecule has 5 heteroatoms. The summed E-state index contributed by atoms with van der Waals surface area (Å²) in [5, 5.41) is 7.91. The number of hydrogen-bond donors (Lipinski definition) is 0. The third-order valence-corrected chi connectivity index (χ3v) is 5.24. The molecule has 1 aromatic heterocycles. The molecule has 0 N–H and O–H groups in total. The second-order valence-corrected chi connectivity index (χ2v) is 7.53. The van der Waals surface area contributed by atoms with Crippen LogP contribution in [0.2, 0.25) is 0 Å². The molecule has 0 fully saturated rings. The lowest BCUT2D eigenvalue weighted by Gasteiger charge is -2.14. The van der Waals surface area contributed by atoms with Crippen LogP contribution in [-0.2, 0) is 16.0 Å². The first-order chi connectivity index (χ1) is 12.1. The van der Waals surface area contributed by atoms with Crippen LogP contribution in [0.25, 0.3) is 0 Å². The standard InChI is InChI=1S/C20H22N2O2S/c1-14(2)19-18(17(23)12-6-10-16-11-7-13-25-16)20(24)22(21-19)15-8-4-3-5-9-15/h3-5,7-9,11,13-14,18H,6,10,12H2,1-2H3/t18-/m0/s1. The topological polar surface area (TPSA) is 49.7 Å². The van der Waals surface area contributed by atoms with Gasteiger partial charge in [0.2, 0.25) is 0 Å². The van der Waals surface area contributed by atoms with Crippen LogP contribution in [0.5, 0.6) is 0 Å². The molecule has 0 saturated carbocycles. The summed E-state index contributed by atoms with van der Waals surface area (Å²) in [6.07, 6.45) is 2.05. The van der Waals surface area contributed by atoms with Gasteiger partial charge in [0, 0.05) is 11.3 Å². The second kappa shape index (κ2) is 7.74. The van der Waals surface area contributed by atoms with Gasteiger partial charge in [-0.15, -0.1) is 11.3 Å². The summed E-state index contributed by atoms with van der Waals surface area (Å²) < 4.78 is 0. The largest absolute Gasteiger partial charge is 0.298 e. The highest BCUT2D eigenvalue weighted by Gasteiger charge is 2.41. The number of carbonyl (C=O) groups excluding carboxylic acids is 2. The zero-order chi connectivity index (χ0) is 17.8. The van der Waals surface area contributed by atoms with Crippen LogP contribution in [-0.4, -0.2) is 17.4 Å². The number of Topliss-reactive ketones (excluding diaryl/α,β-unsaturated/α-hetero) is 1. The smallest absolute Gasteiger partial charge is 0.263 e. The van der Waals surface area contributed by atoms with Gasteiger partial charge in [0.25, 0.3) is 5.91 Å². The number of aryl methyl sites for hydroxylation is 1. The minimum Gasteiger partial charge on any atom is -0.298 e. The summed E-state index contributed by atoms with van der Waals surface area (Å²) in [5.74, 6) is -0.920. The van der Waals surface area contributed by atoms with Gasteiger partial charge >= 0.3 is 0 Å². The quantitative estimate of drug-likeness (QED) is 0.696. The van der Waals surface area contributed by atoms with Gasteiger partial charge in [0.05, 0.1) is 11.4 Å². The molecule has 0 radical (unpaired) electrons. The first kappa shape index (κ1) is 17.5. The summed E-state index contributed by atoms with van der Waals surface area (Å²) in [7, 11) is 0. The number of hydrazone groups is 1. The van der Waals surface area contributed by atoms with E-state index in [2.05, 4.69) is 11.2 Å². The predicted molar refractivity (Wildman–Crippen MR) is 102 cm³/mol. The second-order valence-electron chi connectivity index (χ2n) is 6.50. The number of amides is 1. The molecule has 0 saturated heterocycles. The Morgan fingerprint density at radius 3 is 2.60 bits per heavy atom. The van der Waals surface area contributed by atoms with E-state index in [-0.39, 0.29) is 17.6 Å². The SMILES string of the molecule is CC(C)C1=NN(c2ccccc2)C(=O)[C@H]1C(=O)CCCc1cccs1. The molecule has 3 rings (SSSR count). The molecule has 1 amide bonds. The first-order valence-electron chi connectivity index (χ1n) is 8.60. The third kappa shape index (κ3) is 3.87. The van der Waals surface area contributed by atoms with E-state index < -0.39 is 5.92 Å². The molecule has 1 aromatic carbocycles. The summed E-state index contributed by atoms with van der Waals surface area (Å²) >= 11 is 1.70. The number of rotatable bonds is 7. The number of ketones is 1. The van der Waals surface area contributed by atoms with E-state index >= 15 is 0 Å². The fourth-order valence-electron chi connectivity index (χ4n) is 3.01. The van der Waals surface area contributed by atoms with Crippen molar-refractivity contribution >= 4 is 34.4 Å². The fraction of sp³-hybridized carbons (Fsp3) is 0.350. The lowest BCUT2D eigenvalue weighted by molar-refractivity contribution is -0.129.